The molecule has 0 rings (SSSR count). The van der Waals surface area contributed by atoms with Crippen molar-refractivity contribution in [3.8, 4) is 0 Å². The Hall–Kier alpha value is -1.19. The van der Waals surface area contributed by atoms with Crippen LogP contribution in [0.4, 0.5) is 0 Å². The highest BCUT2D eigenvalue weighted by Crippen LogP contribution is 1.78. The molecule has 0 amide bonds. The Kier molecular flexibility index (Phi) is 4.11. The Bertz CT molecular complexity index is 162. The Morgan fingerprint density at radius 1 is 1.60 bits per heavy atom. The maximum Gasteiger partial charge on any atom is 0.331 e. The van der Waals surface area contributed by atoms with Crippen molar-refractivity contribution >= 4 is 18.0 Å². The van der Waals surface area contributed by atoms with Crippen LogP contribution in [0.15, 0.2) is 5.16 Å². The Morgan fingerprint density at radius 2 is 2.20 bits per heavy atom. The Balaban J connectivity index is 3.56. The number of hydrogen-bond acceptors (Lipinski definition) is 4. The third kappa shape index (κ3) is 4.96. The van der Waals surface area contributed by atoms with Crippen LogP contribution in [0.3, 0.4) is 0 Å². The fourth-order valence-corrected chi connectivity index (χ4v) is 0.251. The molecule has 0 aromatic carbocycles. The van der Waals surface area contributed by atoms with Gasteiger partial charge in [-0.05, 0) is 0 Å². The lowest BCUT2D eigenvalue weighted by atomic mass is 10.3. The van der Waals surface area contributed by atoms with Crippen molar-refractivity contribution in [1.29, 1.82) is 0 Å². The van der Waals surface area contributed by atoms with Crippen molar-refractivity contribution in [2.45, 2.75) is 20.3 Å². The van der Waals surface area contributed by atoms with E-state index in [1.165, 1.54) is 6.92 Å². The van der Waals surface area contributed by atoms with E-state index in [0.29, 0.717) is 6.42 Å². The molecule has 0 heterocycles. The summed E-state index contributed by atoms with van der Waals surface area (Å²) in [6.45, 7) is 2.91. The van der Waals surface area contributed by atoms with Crippen LogP contribution < -0.4 is 0 Å². The van der Waals surface area contributed by atoms with Gasteiger partial charge in [-0.3, -0.25) is 4.79 Å². The predicted molar refractivity (Wildman–Crippen MR) is 35.6 cm³/mol. The molecule has 4 nitrogen and oxygen atoms in total. The maximum absolute atomic E-state index is 10.5. The minimum atomic E-state index is -0.528. The normalized spacial score (nSPS) is 9.80. The van der Waals surface area contributed by atoms with Crippen LogP contribution in [-0.4, -0.2) is 18.0 Å². The number of ketones is 1. The first-order chi connectivity index (χ1) is 4.66. The lowest BCUT2D eigenvalue weighted by Crippen LogP contribution is -1.98. The lowest BCUT2D eigenvalue weighted by molar-refractivity contribution is -0.140. The van der Waals surface area contributed by atoms with E-state index in [-0.39, 0.29) is 5.78 Å². The van der Waals surface area contributed by atoms with Gasteiger partial charge in [-0.15, -0.1) is 0 Å². The third-order valence-electron chi connectivity index (χ3n) is 0.726. The molecule has 0 spiro atoms. The van der Waals surface area contributed by atoms with Crippen molar-refractivity contribution in [2.75, 3.05) is 0 Å². The van der Waals surface area contributed by atoms with Crippen molar-refractivity contribution in [1.82, 2.24) is 0 Å². The molecule has 0 aliphatic heterocycles. The zero-order valence-corrected chi connectivity index (χ0v) is 5.96. The molecule has 0 fully saturated rings. The molecule has 0 aliphatic carbocycles. The largest absolute Gasteiger partial charge is 0.331 e. The summed E-state index contributed by atoms with van der Waals surface area (Å²) in [7, 11) is 0. The first kappa shape index (κ1) is 8.81. The summed E-state index contributed by atoms with van der Waals surface area (Å²) >= 11 is 0. The molecule has 0 aliphatic rings. The van der Waals surface area contributed by atoms with E-state index < -0.39 is 5.97 Å². The van der Waals surface area contributed by atoms with E-state index >= 15 is 0 Å². The van der Waals surface area contributed by atoms with Crippen LogP contribution in [0.5, 0.6) is 0 Å². The van der Waals surface area contributed by atoms with Crippen LogP contribution in [-0.2, 0) is 14.4 Å². The van der Waals surface area contributed by atoms with E-state index in [1.807, 2.05) is 0 Å². The highest BCUT2D eigenvalue weighted by Gasteiger charge is 1.91. The van der Waals surface area contributed by atoms with Gasteiger partial charge in [0, 0.05) is 13.3 Å². The smallest absolute Gasteiger partial charge is 0.319 e. The molecule has 10 heavy (non-hydrogen) atoms. The van der Waals surface area contributed by atoms with Crippen LogP contribution in [0.1, 0.15) is 20.3 Å². The van der Waals surface area contributed by atoms with Gasteiger partial charge in [-0.25, -0.2) is 4.79 Å². The standard InChI is InChI=1S/C6H9NO3/c1-3-6(9)4-7-10-5(2)8/h4H,3H2,1-2H3. The van der Waals surface area contributed by atoms with Gasteiger partial charge in [0.05, 0.1) is 0 Å². The number of carbonyl (C=O) groups excluding carboxylic acids is 2. The Labute approximate surface area is 58.8 Å². The molecular weight excluding hydrogens is 134 g/mol. The molecule has 0 aromatic heterocycles. The van der Waals surface area contributed by atoms with Gasteiger partial charge in [0.15, 0.2) is 5.78 Å². The van der Waals surface area contributed by atoms with Crippen molar-refractivity contribution in [3.05, 3.63) is 0 Å². The number of hydrogen-bond donors (Lipinski definition) is 0. The summed E-state index contributed by atoms with van der Waals surface area (Å²) < 4.78 is 0. The molecule has 0 unspecified atom stereocenters. The minimum absolute atomic E-state index is 0.166. The summed E-state index contributed by atoms with van der Waals surface area (Å²) in [5, 5.41) is 3.12. The van der Waals surface area contributed by atoms with Crippen LogP contribution in [0.25, 0.3) is 0 Å². The van der Waals surface area contributed by atoms with Crippen LogP contribution >= 0.6 is 0 Å². The monoisotopic (exact) mass is 143 g/mol. The van der Waals surface area contributed by atoms with Crippen LogP contribution in [0.2, 0.25) is 0 Å². The fourth-order valence-electron chi connectivity index (χ4n) is 0.251. The second kappa shape index (κ2) is 4.67. The average Bonchev–Trinajstić information content (AvgIpc) is 1.87. The molecule has 0 aromatic rings. The molecular formula is C6H9NO3. The molecule has 0 saturated heterocycles. The van der Waals surface area contributed by atoms with Gasteiger partial charge in [0.2, 0.25) is 0 Å². The SMILES string of the molecule is CCC(=O)C=NOC(C)=O. The highest BCUT2D eigenvalue weighted by molar-refractivity contribution is 6.27. The topological polar surface area (TPSA) is 55.7 Å². The minimum Gasteiger partial charge on any atom is -0.319 e. The summed E-state index contributed by atoms with van der Waals surface area (Å²) in [6.07, 6.45) is 1.35. The summed E-state index contributed by atoms with van der Waals surface area (Å²) in [5.41, 5.74) is 0. The van der Waals surface area contributed by atoms with Gasteiger partial charge >= 0.3 is 5.97 Å². The summed E-state index contributed by atoms with van der Waals surface area (Å²) in [6, 6.07) is 0. The van der Waals surface area contributed by atoms with E-state index in [9.17, 15) is 9.59 Å². The zero-order chi connectivity index (χ0) is 7.98. The third-order valence-corrected chi connectivity index (χ3v) is 0.726. The number of oxime groups is 1. The summed E-state index contributed by atoms with van der Waals surface area (Å²) in [4.78, 5) is 24.6. The van der Waals surface area contributed by atoms with Crippen molar-refractivity contribution < 1.29 is 14.4 Å². The second-order valence-corrected chi connectivity index (χ2v) is 1.64. The van der Waals surface area contributed by atoms with Gasteiger partial charge < -0.3 is 4.84 Å². The first-order valence-corrected chi connectivity index (χ1v) is 2.90. The number of nitrogens with zero attached hydrogens (tertiary/aromatic N) is 1. The molecule has 0 saturated carbocycles. The van der Waals surface area contributed by atoms with E-state index in [0.717, 1.165) is 6.21 Å². The van der Waals surface area contributed by atoms with Crippen molar-refractivity contribution in [3.63, 3.8) is 0 Å². The average molecular weight is 143 g/mol. The van der Waals surface area contributed by atoms with E-state index in [2.05, 4.69) is 9.99 Å². The van der Waals surface area contributed by atoms with E-state index in [1.54, 1.807) is 6.92 Å². The van der Waals surface area contributed by atoms with Gasteiger partial charge in [-0.2, -0.15) is 0 Å². The van der Waals surface area contributed by atoms with Gasteiger partial charge in [0.1, 0.15) is 6.21 Å². The van der Waals surface area contributed by atoms with Crippen molar-refractivity contribution in [2.24, 2.45) is 5.16 Å². The number of Topliss-reactive ketones (excluding diaryl/α,β-unsaturated/α-hetero) is 1. The summed E-state index contributed by atoms with van der Waals surface area (Å²) in [5.74, 6) is -0.693. The zero-order valence-electron chi connectivity index (χ0n) is 5.96. The van der Waals surface area contributed by atoms with Crippen LogP contribution in [0, 0.1) is 0 Å². The molecule has 0 atom stereocenters. The highest BCUT2D eigenvalue weighted by atomic mass is 16.7. The molecule has 0 radical (unpaired) electrons. The Morgan fingerprint density at radius 3 is 2.60 bits per heavy atom. The molecule has 56 valence electrons. The lowest BCUT2D eigenvalue weighted by Gasteiger charge is -1.86. The van der Waals surface area contributed by atoms with Gasteiger partial charge in [-0.1, -0.05) is 12.1 Å². The van der Waals surface area contributed by atoms with Gasteiger partial charge in [0.25, 0.3) is 0 Å². The second-order valence-electron chi connectivity index (χ2n) is 1.64. The maximum atomic E-state index is 10.5. The predicted octanol–water partition coefficient (Wildman–Crippen LogP) is 0.514. The molecule has 0 N–H and O–H groups in total. The van der Waals surface area contributed by atoms with E-state index in [4.69, 9.17) is 0 Å². The molecule has 0 bridgehead atoms. The fraction of sp³-hybridized carbons (Fsp3) is 0.500. The number of rotatable bonds is 3. The molecule has 4 heteroatoms. The number of carbonyl (C=O) groups is 2. The first-order valence-electron chi connectivity index (χ1n) is 2.90. The quantitative estimate of drug-likeness (QED) is 0.328.